The van der Waals surface area contributed by atoms with Crippen LogP contribution in [0, 0.1) is 5.41 Å². The number of aldehydes is 1. The number of rotatable bonds is 6. The highest BCUT2D eigenvalue weighted by Crippen LogP contribution is 2.26. The fourth-order valence-corrected chi connectivity index (χ4v) is 3.39. The first kappa shape index (κ1) is 25.0. The number of ether oxygens (including phenoxy) is 1. The summed E-state index contributed by atoms with van der Waals surface area (Å²) >= 11 is 0. The average Bonchev–Trinajstić information content (AvgIpc) is 2.77. The van der Waals surface area contributed by atoms with Crippen LogP contribution in [0.4, 0.5) is 21.0 Å². The van der Waals surface area contributed by atoms with E-state index in [0.717, 1.165) is 12.0 Å². The Hall–Kier alpha value is -3.30. The summed E-state index contributed by atoms with van der Waals surface area (Å²) in [6, 6.07) is 5.17. The molecule has 1 aromatic rings. The van der Waals surface area contributed by atoms with Crippen LogP contribution in [-0.4, -0.2) is 86.5 Å². The van der Waals surface area contributed by atoms with Crippen molar-refractivity contribution in [2.24, 2.45) is 0 Å². The standard InChI is InChI=1S/C22H34N6O4/c1-22(2,3)32-21(31)27-12-10-26(11-13-27)16-7-8-17(18(15-16)24-4)19(23)28(9-6-14-29)20(30)25-5/h7-8,14-15,23-24H,6,9-13H2,1-5H3,(H,25,30). The van der Waals surface area contributed by atoms with E-state index in [9.17, 15) is 14.4 Å². The number of hydrogen-bond acceptors (Lipinski definition) is 7. The van der Waals surface area contributed by atoms with E-state index in [1.807, 2.05) is 32.9 Å². The number of hydrogen-bond donors (Lipinski definition) is 3. The average molecular weight is 447 g/mol. The molecule has 1 heterocycles. The zero-order chi connectivity index (χ0) is 23.9. The number of carbonyl (C=O) groups excluding carboxylic acids is 3. The van der Waals surface area contributed by atoms with Crippen LogP contribution >= 0.6 is 0 Å². The maximum atomic E-state index is 12.3. The van der Waals surface area contributed by atoms with Gasteiger partial charge < -0.3 is 30.0 Å². The molecule has 1 aliphatic rings. The van der Waals surface area contributed by atoms with Gasteiger partial charge in [0.2, 0.25) is 0 Å². The Kier molecular flexibility index (Phi) is 8.45. The smallest absolute Gasteiger partial charge is 0.410 e. The van der Waals surface area contributed by atoms with Gasteiger partial charge in [0.15, 0.2) is 0 Å². The Morgan fingerprint density at radius 1 is 1.19 bits per heavy atom. The van der Waals surface area contributed by atoms with Crippen LogP contribution in [-0.2, 0) is 9.53 Å². The van der Waals surface area contributed by atoms with E-state index in [2.05, 4.69) is 15.5 Å². The summed E-state index contributed by atoms with van der Waals surface area (Å²) in [4.78, 5) is 40.4. The molecule has 176 valence electrons. The first-order chi connectivity index (χ1) is 15.1. The number of piperazine rings is 1. The first-order valence-electron chi connectivity index (χ1n) is 10.7. The summed E-state index contributed by atoms with van der Waals surface area (Å²) in [6.45, 7) is 8.09. The predicted molar refractivity (Wildman–Crippen MR) is 125 cm³/mol. The largest absolute Gasteiger partial charge is 0.444 e. The van der Waals surface area contributed by atoms with E-state index in [0.29, 0.717) is 37.4 Å². The van der Waals surface area contributed by atoms with E-state index in [1.54, 1.807) is 18.0 Å². The van der Waals surface area contributed by atoms with Gasteiger partial charge in [0.1, 0.15) is 17.7 Å². The van der Waals surface area contributed by atoms with Crippen LogP contribution in [0.15, 0.2) is 18.2 Å². The Morgan fingerprint density at radius 3 is 2.38 bits per heavy atom. The van der Waals surface area contributed by atoms with E-state index in [1.165, 1.54) is 11.9 Å². The number of carbonyl (C=O) groups is 3. The van der Waals surface area contributed by atoms with Crippen molar-refractivity contribution >= 4 is 35.6 Å². The molecule has 1 fully saturated rings. The molecule has 1 aromatic carbocycles. The molecule has 0 aromatic heterocycles. The van der Waals surface area contributed by atoms with Gasteiger partial charge in [-0.3, -0.25) is 10.3 Å². The number of urea groups is 1. The van der Waals surface area contributed by atoms with E-state index < -0.39 is 11.6 Å². The second-order valence-corrected chi connectivity index (χ2v) is 8.45. The Morgan fingerprint density at radius 2 is 1.84 bits per heavy atom. The molecule has 10 nitrogen and oxygen atoms in total. The molecule has 0 atom stereocenters. The van der Waals surface area contributed by atoms with Crippen LogP contribution in [0.1, 0.15) is 32.8 Å². The number of benzene rings is 1. The van der Waals surface area contributed by atoms with Gasteiger partial charge in [-0.25, -0.2) is 9.59 Å². The Labute approximate surface area is 189 Å². The molecule has 0 aliphatic carbocycles. The second-order valence-electron chi connectivity index (χ2n) is 8.45. The molecule has 3 N–H and O–H groups in total. The van der Waals surface area contributed by atoms with Crippen molar-refractivity contribution in [1.29, 1.82) is 5.41 Å². The zero-order valence-corrected chi connectivity index (χ0v) is 19.5. The molecule has 1 saturated heterocycles. The fraction of sp³-hybridized carbons (Fsp3) is 0.545. The van der Waals surface area contributed by atoms with Crippen molar-refractivity contribution in [3.05, 3.63) is 23.8 Å². The Bertz CT molecular complexity index is 843. The van der Waals surface area contributed by atoms with Crippen molar-refractivity contribution in [3.63, 3.8) is 0 Å². The maximum Gasteiger partial charge on any atom is 0.410 e. The van der Waals surface area contributed by atoms with Crippen molar-refractivity contribution in [2.75, 3.05) is 57.0 Å². The van der Waals surface area contributed by atoms with Gasteiger partial charge in [-0.05, 0) is 39.0 Å². The molecule has 32 heavy (non-hydrogen) atoms. The molecular weight excluding hydrogens is 412 g/mol. The van der Waals surface area contributed by atoms with Gasteiger partial charge >= 0.3 is 12.1 Å². The third-order valence-electron chi connectivity index (χ3n) is 5.02. The predicted octanol–water partition coefficient (Wildman–Crippen LogP) is 2.34. The van der Waals surface area contributed by atoms with Crippen molar-refractivity contribution in [2.45, 2.75) is 32.8 Å². The third kappa shape index (κ3) is 6.35. The minimum absolute atomic E-state index is 0.0110. The lowest BCUT2D eigenvalue weighted by Gasteiger charge is -2.37. The van der Waals surface area contributed by atoms with Crippen molar-refractivity contribution in [3.8, 4) is 0 Å². The molecule has 0 saturated carbocycles. The topological polar surface area (TPSA) is 118 Å². The van der Waals surface area contributed by atoms with Crippen molar-refractivity contribution in [1.82, 2.24) is 15.1 Å². The van der Waals surface area contributed by atoms with Crippen molar-refractivity contribution < 1.29 is 19.1 Å². The molecule has 1 aliphatic heterocycles. The summed E-state index contributed by atoms with van der Waals surface area (Å²) in [6.07, 6.45) is 0.564. The number of nitrogens with one attached hydrogen (secondary N) is 3. The highest BCUT2D eigenvalue weighted by atomic mass is 16.6. The number of anilines is 2. The van der Waals surface area contributed by atoms with Crippen LogP contribution in [0.5, 0.6) is 0 Å². The van der Waals surface area contributed by atoms with Crippen LogP contribution < -0.4 is 15.5 Å². The molecule has 3 amide bonds. The van der Waals surface area contributed by atoms with E-state index in [4.69, 9.17) is 10.1 Å². The molecule has 0 bridgehead atoms. The van der Waals surface area contributed by atoms with Gasteiger partial charge in [-0.2, -0.15) is 0 Å². The zero-order valence-electron chi connectivity index (χ0n) is 19.5. The monoisotopic (exact) mass is 446 g/mol. The van der Waals surface area contributed by atoms with Crippen LogP contribution in [0.3, 0.4) is 0 Å². The highest BCUT2D eigenvalue weighted by Gasteiger charge is 2.27. The van der Waals surface area contributed by atoms with Gasteiger partial charge in [0.05, 0.1) is 0 Å². The third-order valence-corrected chi connectivity index (χ3v) is 5.02. The van der Waals surface area contributed by atoms with Gasteiger partial charge in [0, 0.05) is 70.2 Å². The minimum Gasteiger partial charge on any atom is -0.444 e. The SMILES string of the molecule is CNC(=O)N(CCC=O)C(=N)c1ccc(N2CCN(C(=O)OC(C)(C)C)CC2)cc1NC. The van der Waals surface area contributed by atoms with Crippen LogP contribution in [0.2, 0.25) is 0 Å². The molecule has 0 unspecified atom stereocenters. The summed E-state index contributed by atoms with van der Waals surface area (Å²) in [5, 5.41) is 14.1. The highest BCUT2D eigenvalue weighted by molar-refractivity contribution is 6.09. The molecule has 0 radical (unpaired) electrons. The summed E-state index contributed by atoms with van der Waals surface area (Å²) in [5.74, 6) is 0.0110. The first-order valence-corrected chi connectivity index (χ1v) is 10.7. The molecule has 0 spiro atoms. The summed E-state index contributed by atoms with van der Waals surface area (Å²) in [5.41, 5.74) is 1.68. The minimum atomic E-state index is -0.523. The molecular formula is C22H34N6O4. The lowest BCUT2D eigenvalue weighted by atomic mass is 10.1. The summed E-state index contributed by atoms with van der Waals surface area (Å²) < 4.78 is 5.45. The summed E-state index contributed by atoms with van der Waals surface area (Å²) in [7, 11) is 3.24. The normalized spacial score (nSPS) is 13.9. The van der Waals surface area contributed by atoms with E-state index >= 15 is 0 Å². The second kappa shape index (κ2) is 10.8. The maximum absolute atomic E-state index is 12.3. The molecule has 2 rings (SSSR count). The molecule has 10 heteroatoms. The van der Waals surface area contributed by atoms with Gasteiger partial charge in [0.25, 0.3) is 0 Å². The number of amides is 3. The number of nitrogens with zero attached hydrogens (tertiary/aromatic N) is 3. The van der Waals surface area contributed by atoms with Crippen LogP contribution in [0.25, 0.3) is 0 Å². The van der Waals surface area contributed by atoms with Gasteiger partial charge in [-0.15, -0.1) is 0 Å². The lowest BCUT2D eigenvalue weighted by molar-refractivity contribution is -0.107. The lowest BCUT2D eigenvalue weighted by Crippen LogP contribution is -2.50. The fourth-order valence-electron chi connectivity index (χ4n) is 3.39. The number of amidine groups is 1. The Balaban J connectivity index is 2.13. The van der Waals surface area contributed by atoms with Gasteiger partial charge in [-0.1, -0.05) is 0 Å². The quantitative estimate of drug-likeness (QED) is 0.351. The van der Waals surface area contributed by atoms with E-state index in [-0.39, 0.29) is 24.9 Å².